The molecule has 0 saturated carbocycles. The van der Waals surface area contributed by atoms with Crippen molar-refractivity contribution in [2.45, 2.75) is 0 Å². The van der Waals surface area contributed by atoms with Crippen molar-refractivity contribution in [3.8, 4) is 5.75 Å². The van der Waals surface area contributed by atoms with Gasteiger partial charge in [0.25, 0.3) is 0 Å². The molecular weight excluding hydrogens is 214 g/mol. The van der Waals surface area contributed by atoms with Crippen molar-refractivity contribution in [1.29, 1.82) is 0 Å². The quantitative estimate of drug-likeness (QED) is 0.730. The topological polar surface area (TPSA) is 26.3 Å². The number of rotatable bonds is 2. The van der Waals surface area contributed by atoms with E-state index in [-0.39, 0.29) is 16.7 Å². The molecule has 0 aliphatic heterocycles. The van der Waals surface area contributed by atoms with Crippen LogP contribution in [0.2, 0.25) is 0 Å². The minimum absolute atomic E-state index is 0.169. The summed E-state index contributed by atoms with van der Waals surface area (Å²) < 4.78 is 31.5. The molecule has 0 saturated heterocycles. The summed E-state index contributed by atoms with van der Waals surface area (Å²) >= 11 is 0. The van der Waals surface area contributed by atoms with Crippen LogP contribution < -0.4 is 4.74 Å². The minimum Gasteiger partial charge on any atom is -0.496 e. The van der Waals surface area contributed by atoms with E-state index in [1.165, 1.54) is 25.3 Å². The third kappa shape index (κ3) is 1.62. The van der Waals surface area contributed by atoms with E-state index in [1.807, 2.05) is 0 Å². The van der Waals surface area contributed by atoms with Gasteiger partial charge in [-0.05, 0) is 18.2 Å². The van der Waals surface area contributed by atoms with E-state index < -0.39 is 11.6 Å². The van der Waals surface area contributed by atoms with Crippen LogP contribution >= 0.6 is 0 Å². The van der Waals surface area contributed by atoms with Crippen molar-refractivity contribution >= 4 is 17.1 Å². The van der Waals surface area contributed by atoms with Gasteiger partial charge >= 0.3 is 0 Å². The van der Waals surface area contributed by atoms with Gasteiger partial charge in [0.15, 0.2) is 0 Å². The summed E-state index contributed by atoms with van der Waals surface area (Å²) in [7, 11) is 1.38. The molecule has 82 valence electrons. The Hall–Kier alpha value is -1.97. The Morgan fingerprint density at radius 3 is 2.50 bits per heavy atom. The lowest BCUT2D eigenvalue weighted by atomic mass is 10.1. The van der Waals surface area contributed by atoms with Gasteiger partial charge in [0.1, 0.15) is 23.7 Å². The smallest absolute Gasteiger partial charge is 0.150 e. The third-order valence-corrected chi connectivity index (χ3v) is 2.32. The Morgan fingerprint density at radius 2 is 1.88 bits per heavy atom. The standard InChI is InChI=1S/C12H8F2O2/c1-16-12-3-7(6-15)2-9-10(12)4-8(13)5-11(9)14/h2-6H,1H3. The molecule has 0 radical (unpaired) electrons. The second-order valence-corrected chi connectivity index (χ2v) is 3.32. The summed E-state index contributed by atoms with van der Waals surface area (Å²) in [5.74, 6) is -1.11. The van der Waals surface area contributed by atoms with E-state index in [9.17, 15) is 13.6 Å². The number of ether oxygens (including phenoxy) is 1. The zero-order valence-electron chi connectivity index (χ0n) is 8.46. The summed E-state index contributed by atoms with van der Waals surface area (Å²) in [6, 6.07) is 4.75. The molecule has 2 nitrogen and oxygen atoms in total. The third-order valence-electron chi connectivity index (χ3n) is 2.32. The molecule has 0 heterocycles. The molecule has 0 fully saturated rings. The van der Waals surface area contributed by atoms with Crippen molar-refractivity contribution < 1.29 is 18.3 Å². The van der Waals surface area contributed by atoms with E-state index in [4.69, 9.17) is 4.74 Å². The maximum atomic E-state index is 13.5. The Balaban J connectivity index is 2.89. The van der Waals surface area contributed by atoms with Crippen LogP contribution in [0.5, 0.6) is 5.75 Å². The van der Waals surface area contributed by atoms with Crippen LogP contribution in [0.3, 0.4) is 0 Å². The highest BCUT2D eigenvalue weighted by atomic mass is 19.1. The van der Waals surface area contributed by atoms with Crippen LogP contribution in [0.25, 0.3) is 10.8 Å². The predicted molar refractivity (Wildman–Crippen MR) is 55.8 cm³/mol. The molecule has 0 amide bonds. The fourth-order valence-electron chi connectivity index (χ4n) is 1.61. The Bertz CT molecular complexity index is 564. The van der Waals surface area contributed by atoms with Crippen molar-refractivity contribution in [1.82, 2.24) is 0 Å². The van der Waals surface area contributed by atoms with Crippen molar-refractivity contribution in [3.05, 3.63) is 41.5 Å². The number of hydrogen-bond acceptors (Lipinski definition) is 2. The predicted octanol–water partition coefficient (Wildman–Crippen LogP) is 2.94. The molecule has 0 aliphatic rings. The van der Waals surface area contributed by atoms with Crippen LogP contribution in [0.4, 0.5) is 8.78 Å². The van der Waals surface area contributed by atoms with Crippen LogP contribution in [0.1, 0.15) is 10.4 Å². The number of aldehydes is 1. The molecule has 2 aromatic rings. The first-order chi connectivity index (χ1) is 7.65. The van der Waals surface area contributed by atoms with Crippen molar-refractivity contribution in [2.24, 2.45) is 0 Å². The van der Waals surface area contributed by atoms with Gasteiger partial charge in [-0.3, -0.25) is 4.79 Å². The summed E-state index contributed by atoms with van der Waals surface area (Å²) in [6.45, 7) is 0. The van der Waals surface area contributed by atoms with E-state index in [2.05, 4.69) is 0 Å². The molecule has 0 spiro atoms. The SMILES string of the molecule is COc1cc(C=O)cc2c(F)cc(F)cc12. The summed E-state index contributed by atoms with van der Waals surface area (Å²) in [4.78, 5) is 10.6. The number of carbonyl (C=O) groups is 1. The lowest BCUT2D eigenvalue weighted by Gasteiger charge is -2.07. The van der Waals surface area contributed by atoms with Crippen molar-refractivity contribution in [3.63, 3.8) is 0 Å². The second kappa shape index (κ2) is 3.89. The van der Waals surface area contributed by atoms with Gasteiger partial charge in [0.05, 0.1) is 7.11 Å². The molecule has 0 N–H and O–H groups in total. The molecule has 4 heteroatoms. The van der Waals surface area contributed by atoms with Crippen molar-refractivity contribution in [2.75, 3.05) is 7.11 Å². The maximum Gasteiger partial charge on any atom is 0.150 e. The second-order valence-electron chi connectivity index (χ2n) is 3.32. The fourth-order valence-corrected chi connectivity index (χ4v) is 1.61. The first-order valence-electron chi connectivity index (χ1n) is 4.57. The van der Waals surface area contributed by atoms with Gasteiger partial charge in [-0.25, -0.2) is 8.78 Å². The number of halogens is 2. The summed E-state index contributed by atoms with van der Waals surface area (Å²) in [6.07, 6.45) is 0.588. The normalized spacial score (nSPS) is 10.4. The lowest BCUT2D eigenvalue weighted by molar-refractivity contribution is 0.112. The highest BCUT2D eigenvalue weighted by Crippen LogP contribution is 2.29. The monoisotopic (exact) mass is 222 g/mol. The van der Waals surface area contributed by atoms with Gasteiger partial charge in [-0.2, -0.15) is 0 Å². The Kier molecular flexibility index (Phi) is 2.56. The van der Waals surface area contributed by atoms with Crippen LogP contribution in [0, 0.1) is 11.6 Å². The average molecular weight is 222 g/mol. The van der Waals surface area contributed by atoms with Crippen LogP contribution in [-0.2, 0) is 0 Å². The Morgan fingerprint density at radius 1 is 1.12 bits per heavy atom. The first-order valence-corrected chi connectivity index (χ1v) is 4.57. The highest BCUT2D eigenvalue weighted by molar-refractivity contribution is 5.94. The summed E-state index contributed by atoms with van der Waals surface area (Å²) in [5, 5.41) is 0.480. The number of carbonyl (C=O) groups excluding carboxylic acids is 1. The van der Waals surface area contributed by atoms with E-state index in [1.54, 1.807) is 0 Å². The van der Waals surface area contributed by atoms with E-state index >= 15 is 0 Å². The molecule has 0 bridgehead atoms. The minimum atomic E-state index is -0.711. The molecule has 0 unspecified atom stereocenters. The van der Waals surface area contributed by atoms with E-state index in [0.29, 0.717) is 11.7 Å². The molecule has 2 aromatic carbocycles. The van der Waals surface area contributed by atoms with E-state index in [0.717, 1.165) is 6.07 Å². The molecule has 0 atom stereocenters. The molecule has 16 heavy (non-hydrogen) atoms. The number of fused-ring (bicyclic) bond motifs is 1. The van der Waals surface area contributed by atoms with Crippen LogP contribution in [0.15, 0.2) is 24.3 Å². The zero-order chi connectivity index (χ0) is 11.7. The number of benzene rings is 2. The van der Waals surface area contributed by atoms with Gasteiger partial charge in [0, 0.05) is 22.4 Å². The Labute approximate surface area is 90.4 Å². The van der Waals surface area contributed by atoms with Gasteiger partial charge in [-0.1, -0.05) is 0 Å². The average Bonchev–Trinajstić information content (AvgIpc) is 2.28. The lowest BCUT2D eigenvalue weighted by Crippen LogP contribution is -1.92. The first kappa shape index (κ1) is 10.5. The number of methoxy groups -OCH3 is 1. The fraction of sp³-hybridized carbons (Fsp3) is 0.0833. The highest BCUT2D eigenvalue weighted by Gasteiger charge is 2.10. The number of hydrogen-bond donors (Lipinski definition) is 0. The zero-order valence-corrected chi connectivity index (χ0v) is 8.46. The summed E-state index contributed by atoms with van der Waals surface area (Å²) in [5.41, 5.74) is 0.287. The maximum absolute atomic E-state index is 13.5. The van der Waals surface area contributed by atoms with Gasteiger partial charge in [0.2, 0.25) is 0 Å². The molecule has 0 aromatic heterocycles. The largest absolute Gasteiger partial charge is 0.496 e. The van der Waals surface area contributed by atoms with Gasteiger partial charge < -0.3 is 4.74 Å². The van der Waals surface area contributed by atoms with Crippen LogP contribution in [-0.4, -0.2) is 13.4 Å². The molecule has 2 rings (SSSR count). The molecule has 0 aliphatic carbocycles. The van der Waals surface area contributed by atoms with Gasteiger partial charge in [-0.15, -0.1) is 0 Å². The molecular formula is C12H8F2O2.